The number of methoxy groups -OCH3 is 1. The van der Waals surface area contributed by atoms with E-state index in [0.717, 1.165) is 35.0 Å². The van der Waals surface area contributed by atoms with E-state index in [0.29, 0.717) is 18.4 Å². The average molecular weight is 708 g/mol. The first-order valence-electron chi connectivity index (χ1n) is 19.2. The lowest BCUT2D eigenvalue weighted by Gasteiger charge is -2.38. The number of furan rings is 1. The largest absolute Gasteiger partial charge is 0.456 e. The summed E-state index contributed by atoms with van der Waals surface area (Å²) in [7, 11) is 1.76. The molecule has 3 heterocycles. The summed E-state index contributed by atoms with van der Waals surface area (Å²) in [5.41, 5.74) is 13.9. The monoisotopic (exact) mass is 707 g/mol. The van der Waals surface area contributed by atoms with Crippen LogP contribution in [-0.2, 0) is 9.47 Å². The first-order chi connectivity index (χ1) is 26.5. The topological polar surface area (TPSA) is 36.5 Å². The Balaban J connectivity index is 1.08. The number of hydrogen-bond donors (Lipinski definition) is 0. The maximum atomic E-state index is 6.26. The molecule has 2 aromatic heterocycles. The van der Waals surface area contributed by atoms with Crippen molar-refractivity contribution in [1.82, 2.24) is 4.57 Å². The predicted molar refractivity (Wildman–Crippen MR) is 225 cm³/mol. The lowest BCUT2D eigenvalue weighted by molar-refractivity contribution is -0.0511. The molecule has 0 bridgehead atoms. The molecule has 1 fully saturated rings. The second-order valence-corrected chi connectivity index (χ2v) is 14.6. The van der Waals surface area contributed by atoms with E-state index in [9.17, 15) is 0 Å². The van der Waals surface area contributed by atoms with Gasteiger partial charge in [-0.3, -0.25) is 0 Å². The number of fused-ring (bicyclic) bond motifs is 6. The van der Waals surface area contributed by atoms with E-state index in [1.165, 1.54) is 66.4 Å². The van der Waals surface area contributed by atoms with Crippen LogP contribution in [0, 0.1) is 0 Å². The molecular weight excluding hydrogens is 663 g/mol. The average Bonchev–Trinajstić information content (AvgIpc) is 3.73. The van der Waals surface area contributed by atoms with Gasteiger partial charge in [-0.25, -0.2) is 0 Å². The maximum absolute atomic E-state index is 6.26. The van der Waals surface area contributed by atoms with E-state index in [4.69, 9.17) is 13.9 Å². The van der Waals surface area contributed by atoms with E-state index in [1.807, 2.05) is 0 Å². The Hall–Kier alpha value is -5.68. The second kappa shape index (κ2) is 14.3. The van der Waals surface area contributed by atoms with Gasteiger partial charge in [0.05, 0.1) is 30.4 Å². The van der Waals surface area contributed by atoms with E-state index >= 15 is 0 Å². The van der Waals surface area contributed by atoms with Gasteiger partial charge in [0.15, 0.2) is 0 Å². The molecule has 6 aromatic carbocycles. The molecule has 3 atom stereocenters. The second-order valence-electron chi connectivity index (χ2n) is 14.6. The zero-order valence-electron chi connectivity index (χ0n) is 31.4. The highest BCUT2D eigenvalue weighted by Gasteiger charge is 2.35. The molecule has 8 aromatic rings. The minimum Gasteiger partial charge on any atom is -0.456 e. The number of benzene rings is 6. The molecular formula is C50H45NO3. The first-order valence-corrected chi connectivity index (χ1v) is 19.2. The summed E-state index contributed by atoms with van der Waals surface area (Å²) in [5.74, 6) is 0.639. The van der Waals surface area contributed by atoms with Crippen LogP contribution in [0.2, 0.25) is 0 Å². The lowest BCUT2D eigenvalue weighted by atomic mass is 9.85. The molecule has 54 heavy (non-hydrogen) atoms. The van der Waals surface area contributed by atoms with Crippen molar-refractivity contribution in [1.29, 1.82) is 0 Å². The third-order valence-corrected chi connectivity index (χ3v) is 11.3. The summed E-state index contributed by atoms with van der Waals surface area (Å²) in [6.45, 7) is 7.90. The molecule has 4 nitrogen and oxygen atoms in total. The van der Waals surface area contributed by atoms with Gasteiger partial charge in [-0.1, -0.05) is 98.8 Å². The summed E-state index contributed by atoms with van der Waals surface area (Å²) in [5, 5.41) is 4.77. The summed E-state index contributed by atoms with van der Waals surface area (Å²) in [6.07, 6.45) is 7.74. The fraction of sp³-hybridized carbons (Fsp3) is 0.200. The number of nitrogens with zero attached hydrogens (tertiary/aromatic N) is 1. The van der Waals surface area contributed by atoms with E-state index in [1.54, 1.807) is 7.11 Å². The Kier molecular flexibility index (Phi) is 9.02. The molecule has 0 spiro atoms. The maximum Gasteiger partial charge on any atom is 0.135 e. The van der Waals surface area contributed by atoms with Crippen molar-refractivity contribution in [2.45, 2.75) is 45.1 Å². The van der Waals surface area contributed by atoms with Gasteiger partial charge in [0, 0.05) is 46.2 Å². The van der Waals surface area contributed by atoms with Crippen LogP contribution in [0.1, 0.15) is 50.2 Å². The summed E-state index contributed by atoms with van der Waals surface area (Å²) < 4.78 is 20.2. The Labute approximate surface area is 316 Å². The molecule has 0 aliphatic carbocycles. The van der Waals surface area contributed by atoms with Gasteiger partial charge >= 0.3 is 0 Å². The quantitative estimate of drug-likeness (QED) is 0.133. The summed E-state index contributed by atoms with van der Waals surface area (Å²) >= 11 is 0. The van der Waals surface area contributed by atoms with Crippen LogP contribution in [0.4, 0.5) is 0 Å². The molecule has 4 heteroatoms. The van der Waals surface area contributed by atoms with Gasteiger partial charge in [-0.15, -0.1) is 0 Å². The van der Waals surface area contributed by atoms with Crippen LogP contribution < -0.4 is 0 Å². The molecule has 0 saturated carbocycles. The highest BCUT2D eigenvalue weighted by molar-refractivity contribution is 6.11. The van der Waals surface area contributed by atoms with Gasteiger partial charge in [0.2, 0.25) is 0 Å². The lowest BCUT2D eigenvalue weighted by Crippen LogP contribution is -2.38. The van der Waals surface area contributed by atoms with Crippen molar-refractivity contribution in [3.63, 3.8) is 0 Å². The van der Waals surface area contributed by atoms with Crippen molar-refractivity contribution >= 4 is 43.7 Å². The van der Waals surface area contributed by atoms with Crippen LogP contribution in [0.5, 0.6) is 0 Å². The van der Waals surface area contributed by atoms with Gasteiger partial charge in [0.1, 0.15) is 11.2 Å². The summed E-state index contributed by atoms with van der Waals surface area (Å²) in [6, 6.07) is 46.7. The van der Waals surface area contributed by atoms with Gasteiger partial charge < -0.3 is 18.5 Å². The van der Waals surface area contributed by atoms with Crippen LogP contribution in [0.25, 0.3) is 71.7 Å². The van der Waals surface area contributed by atoms with Crippen LogP contribution in [0.15, 0.2) is 156 Å². The van der Waals surface area contributed by atoms with Crippen LogP contribution >= 0.6 is 0 Å². The molecule has 1 saturated heterocycles. The zero-order valence-corrected chi connectivity index (χ0v) is 31.4. The third kappa shape index (κ3) is 5.96. The van der Waals surface area contributed by atoms with Crippen molar-refractivity contribution in [3.8, 4) is 27.9 Å². The van der Waals surface area contributed by atoms with E-state index in [2.05, 4.69) is 171 Å². The Bertz CT molecular complexity index is 2720. The van der Waals surface area contributed by atoms with Gasteiger partial charge in [0.25, 0.3) is 0 Å². The molecule has 268 valence electrons. The number of para-hydroxylation sites is 1. The van der Waals surface area contributed by atoms with Crippen molar-refractivity contribution in [2.75, 3.05) is 20.3 Å². The molecule has 0 amide bonds. The highest BCUT2D eigenvalue weighted by atomic mass is 16.5. The predicted octanol–water partition coefficient (Wildman–Crippen LogP) is 13.2. The van der Waals surface area contributed by atoms with Crippen LogP contribution in [0.3, 0.4) is 0 Å². The Morgan fingerprint density at radius 2 is 1.44 bits per heavy atom. The minimum absolute atomic E-state index is 0.0910. The Morgan fingerprint density at radius 3 is 2.20 bits per heavy atom. The van der Waals surface area contributed by atoms with Crippen LogP contribution in [-0.4, -0.2) is 31.0 Å². The molecule has 0 N–H and O–H groups in total. The smallest absolute Gasteiger partial charge is 0.135 e. The molecule has 0 radical (unpaired) electrons. The minimum atomic E-state index is 0.0910. The van der Waals surface area contributed by atoms with Crippen molar-refractivity contribution in [3.05, 3.63) is 162 Å². The summed E-state index contributed by atoms with van der Waals surface area (Å²) in [4.78, 5) is 0. The SMILES string of the molecule is C/C=C(\C=C/CC)C1OCC1c1cccc(-n2c3ccccc3c3cc(-c4cccc(-c5ccc6oc7ccc(C(C)COC)cc7c6c5)c4)ccc32)c1. The molecule has 3 unspecified atom stereocenters. The zero-order chi connectivity index (χ0) is 36.8. The first kappa shape index (κ1) is 34.1. The van der Waals surface area contributed by atoms with Gasteiger partial charge in [-0.2, -0.15) is 0 Å². The number of aromatic nitrogens is 1. The Morgan fingerprint density at radius 1 is 0.741 bits per heavy atom. The number of rotatable bonds is 10. The number of allylic oxidation sites excluding steroid dienone is 2. The molecule has 9 rings (SSSR count). The highest BCUT2D eigenvalue weighted by Crippen LogP contribution is 2.40. The third-order valence-electron chi connectivity index (χ3n) is 11.3. The molecule has 1 aliphatic heterocycles. The normalized spacial score (nSPS) is 16.9. The standard InChI is InChI=1S/C50H45NO3/c1-5-7-12-33(6-2)50-45(31-53-50)39-15-11-16-40(26-39)51-46-18-9-8-17-41(46)42-28-37(19-22-47(42)51)35-13-10-14-36(25-35)38-21-24-49-44(29-38)43-27-34(32(3)30-52-4)20-23-48(43)54-49/h6-29,32,45,50H,5,30-31H2,1-4H3/b12-7-,33-6+. The van der Waals surface area contributed by atoms with Crippen molar-refractivity contribution in [2.24, 2.45) is 0 Å². The number of ether oxygens (including phenoxy) is 2. The number of hydrogen-bond acceptors (Lipinski definition) is 3. The molecule has 1 aliphatic rings. The van der Waals surface area contributed by atoms with E-state index in [-0.39, 0.29) is 6.10 Å². The fourth-order valence-corrected chi connectivity index (χ4v) is 8.33. The van der Waals surface area contributed by atoms with Crippen molar-refractivity contribution < 1.29 is 13.9 Å². The fourth-order valence-electron chi connectivity index (χ4n) is 8.33. The van der Waals surface area contributed by atoms with E-state index < -0.39 is 0 Å². The van der Waals surface area contributed by atoms with Gasteiger partial charge in [-0.05, 0) is 113 Å².